The van der Waals surface area contributed by atoms with Gasteiger partial charge < -0.3 is 13.9 Å². The molecule has 3 heterocycles. The van der Waals surface area contributed by atoms with E-state index in [0.717, 1.165) is 11.3 Å². The lowest BCUT2D eigenvalue weighted by atomic mass is 10.2. The summed E-state index contributed by atoms with van der Waals surface area (Å²) >= 11 is 0. The van der Waals surface area contributed by atoms with E-state index in [1.165, 1.54) is 0 Å². The monoisotopic (exact) mass is 240 g/mol. The van der Waals surface area contributed by atoms with Gasteiger partial charge in [-0.05, 0) is 19.1 Å². The average molecular weight is 240 g/mol. The Morgan fingerprint density at radius 3 is 3.00 bits per heavy atom. The first-order valence-electron chi connectivity index (χ1n) is 5.25. The molecule has 6 heteroatoms. The minimum Gasteiger partial charge on any atom is -0.469 e. The Bertz CT molecular complexity index is 729. The molecule has 0 aliphatic carbocycles. The molecule has 18 heavy (non-hydrogen) atoms. The normalized spacial score (nSPS) is 10.4. The van der Waals surface area contributed by atoms with Crippen molar-refractivity contribution in [1.29, 1.82) is 5.26 Å². The molecule has 6 nitrogen and oxygen atoms in total. The molecule has 0 aliphatic heterocycles. The zero-order chi connectivity index (χ0) is 12.5. The number of nitrogens with one attached hydrogen (secondary N) is 1. The molecule has 0 bridgehead atoms. The minimum absolute atomic E-state index is 0.364. The summed E-state index contributed by atoms with van der Waals surface area (Å²) in [6.45, 7) is 1.83. The Kier molecular flexibility index (Phi) is 2.24. The first kappa shape index (κ1) is 10.4. The fourth-order valence-corrected chi connectivity index (χ4v) is 1.65. The number of aryl methyl sites for hydroxylation is 1. The van der Waals surface area contributed by atoms with Gasteiger partial charge in [-0.1, -0.05) is 5.16 Å². The van der Waals surface area contributed by atoms with Gasteiger partial charge in [0.1, 0.15) is 17.5 Å². The summed E-state index contributed by atoms with van der Waals surface area (Å²) in [7, 11) is 0. The molecule has 0 aromatic carbocycles. The van der Waals surface area contributed by atoms with Gasteiger partial charge in [0, 0.05) is 6.20 Å². The number of rotatable bonds is 2. The number of furan rings is 1. The number of hydrogen-bond acceptors (Lipinski definition) is 5. The Morgan fingerprint density at radius 1 is 1.44 bits per heavy atom. The number of nitriles is 1. The van der Waals surface area contributed by atoms with Crippen LogP contribution in [0.2, 0.25) is 0 Å². The Hall–Kier alpha value is -2.81. The highest BCUT2D eigenvalue weighted by Gasteiger charge is 2.14. The number of nitrogens with zero attached hydrogens (tertiary/aromatic N) is 3. The van der Waals surface area contributed by atoms with Gasteiger partial charge in [0.25, 0.3) is 5.89 Å². The second-order valence-electron chi connectivity index (χ2n) is 3.73. The molecule has 0 amide bonds. The van der Waals surface area contributed by atoms with E-state index in [4.69, 9.17) is 14.2 Å². The molecule has 0 saturated carbocycles. The molecule has 0 unspecified atom stereocenters. The van der Waals surface area contributed by atoms with Crippen LogP contribution in [0.5, 0.6) is 0 Å². The average Bonchev–Trinajstić information content (AvgIpc) is 3.07. The van der Waals surface area contributed by atoms with Gasteiger partial charge in [-0.15, -0.1) is 0 Å². The maximum absolute atomic E-state index is 8.73. The molecule has 0 aliphatic rings. The lowest BCUT2D eigenvalue weighted by Gasteiger charge is -1.87. The van der Waals surface area contributed by atoms with Crippen LogP contribution >= 0.6 is 0 Å². The zero-order valence-corrected chi connectivity index (χ0v) is 9.47. The highest BCUT2D eigenvalue weighted by Crippen LogP contribution is 2.25. The molecular weight excluding hydrogens is 232 g/mol. The molecular formula is C12H8N4O2. The third kappa shape index (κ3) is 1.58. The lowest BCUT2D eigenvalue weighted by molar-refractivity contribution is 0.432. The maximum atomic E-state index is 8.73. The van der Waals surface area contributed by atoms with E-state index >= 15 is 0 Å². The van der Waals surface area contributed by atoms with Crippen LogP contribution in [0, 0.1) is 18.3 Å². The summed E-state index contributed by atoms with van der Waals surface area (Å²) in [4.78, 5) is 7.07. The highest BCUT2D eigenvalue weighted by atomic mass is 16.5. The first-order valence-corrected chi connectivity index (χ1v) is 5.25. The van der Waals surface area contributed by atoms with Crippen LogP contribution in [0.3, 0.4) is 0 Å². The molecule has 3 aromatic rings. The molecule has 0 atom stereocenters. The molecule has 0 fully saturated rings. The second-order valence-corrected chi connectivity index (χ2v) is 3.73. The van der Waals surface area contributed by atoms with Crippen molar-refractivity contribution in [2.24, 2.45) is 0 Å². The molecule has 0 radical (unpaired) electrons. The molecule has 88 valence electrons. The van der Waals surface area contributed by atoms with Crippen LogP contribution in [0.15, 0.2) is 33.5 Å². The third-order valence-corrected chi connectivity index (χ3v) is 2.58. The predicted molar refractivity (Wildman–Crippen MR) is 61.2 cm³/mol. The number of hydrogen-bond donors (Lipinski definition) is 1. The van der Waals surface area contributed by atoms with Crippen molar-refractivity contribution in [1.82, 2.24) is 15.1 Å². The van der Waals surface area contributed by atoms with E-state index in [0.29, 0.717) is 23.0 Å². The maximum Gasteiger partial charge on any atom is 0.259 e. The summed E-state index contributed by atoms with van der Waals surface area (Å²) in [5.74, 6) is 1.56. The Morgan fingerprint density at radius 2 is 2.33 bits per heavy atom. The fraction of sp³-hybridized carbons (Fsp3) is 0.0833. The number of aromatic amines is 1. The van der Waals surface area contributed by atoms with Crippen molar-refractivity contribution < 1.29 is 8.94 Å². The third-order valence-electron chi connectivity index (χ3n) is 2.58. The smallest absolute Gasteiger partial charge is 0.259 e. The van der Waals surface area contributed by atoms with E-state index in [-0.39, 0.29) is 0 Å². The minimum atomic E-state index is 0.364. The van der Waals surface area contributed by atoms with E-state index < -0.39 is 0 Å². The molecule has 0 saturated heterocycles. The van der Waals surface area contributed by atoms with E-state index in [2.05, 4.69) is 15.1 Å². The number of H-pyrrole nitrogens is 1. The molecule has 0 spiro atoms. The molecule has 1 N–H and O–H groups in total. The van der Waals surface area contributed by atoms with E-state index in [1.807, 2.05) is 13.0 Å². The molecule has 3 aromatic heterocycles. The fourth-order valence-electron chi connectivity index (χ4n) is 1.65. The summed E-state index contributed by atoms with van der Waals surface area (Å²) in [5, 5.41) is 12.6. The number of aromatic nitrogens is 3. The van der Waals surface area contributed by atoms with Crippen molar-refractivity contribution >= 4 is 0 Å². The second kappa shape index (κ2) is 3.89. The van der Waals surface area contributed by atoms with Crippen LogP contribution in [-0.4, -0.2) is 15.1 Å². The van der Waals surface area contributed by atoms with Gasteiger partial charge in [-0.3, -0.25) is 0 Å². The van der Waals surface area contributed by atoms with Crippen LogP contribution in [-0.2, 0) is 0 Å². The SMILES string of the molecule is Cc1occc1-c1noc(-c2c[nH]c(C#N)c2)n1. The van der Waals surface area contributed by atoms with Crippen LogP contribution in [0.4, 0.5) is 0 Å². The lowest BCUT2D eigenvalue weighted by Crippen LogP contribution is -1.80. The zero-order valence-electron chi connectivity index (χ0n) is 9.47. The van der Waals surface area contributed by atoms with Crippen LogP contribution in [0.25, 0.3) is 22.8 Å². The summed E-state index contributed by atoms with van der Waals surface area (Å²) in [6, 6.07) is 5.43. The van der Waals surface area contributed by atoms with Gasteiger partial charge in [0.15, 0.2) is 0 Å². The van der Waals surface area contributed by atoms with Gasteiger partial charge >= 0.3 is 0 Å². The van der Waals surface area contributed by atoms with Crippen LogP contribution < -0.4 is 0 Å². The van der Waals surface area contributed by atoms with Gasteiger partial charge in [-0.2, -0.15) is 10.2 Å². The van der Waals surface area contributed by atoms with Crippen molar-refractivity contribution in [2.75, 3.05) is 0 Å². The summed E-state index contributed by atoms with van der Waals surface area (Å²) in [5.41, 5.74) is 1.93. The van der Waals surface area contributed by atoms with Crippen molar-refractivity contribution in [2.45, 2.75) is 6.92 Å². The topological polar surface area (TPSA) is 91.6 Å². The van der Waals surface area contributed by atoms with E-state index in [9.17, 15) is 0 Å². The van der Waals surface area contributed by atoms with Crippen molar-refractivity contribution in [3.8, 4) is 28.9 Å². The Balaban J connectivity index is 1.99. The summed E-state index contributed by atoms with van der Waals surface area (Å²) < 4.78 is 10.3. The quantitative estimate of drug-likeness (QED) is 0.742. The first-order chi connectivity index (χ1) is 8.78. The Labute approximate surface area is 102 Å². The standard InChI is InChI=1S/C12H8N4O2/c1-7-10(2-3-17-7)11-15-12(18-16-11)8-4-9(5-13)14-6-8/h2-4,6,14H,1H3. The van der Waals surface area contributed by atoms with Gasteiger partial charge in [0.05, 0.1) is 17.4 Å². The van der Waals surface area contributed by atoms with Crippen LogP contribution in [0.1, 0.15) is 11.5 Å². The van der Waals surface area contributed by atoms with Gasteiger partial charge in [-0.25, -0.2) is 0 Å². The van der Waals surface area contributed by atoms with Crippen molar-refractivity contribution in [3.63, 3.8) is 0 Å². The van der Waals surface area contributed by atoms with E-state index in [1.54, 1.807) is 24.6 Å². The van der Waals surface area contributed by atoms with Gasteiger partial charge in [0.2, 0.25) is 5.82 Å². The highest BCUT2D eigenvalue weighted by molar-refractivity contribution is 5.61. The molecule has 3 rings (SSSR count). The summed E-state index contributed by atoms with van der Waals surface area (Å²) in [6.07, 6.45) is 3.23. The largest absolute Gasteiger partial charge is 0.469 e. The van der Waals surface area contributed by atoms with Crippen molar-refractivity contribution in [3.05, 3.63) is 36.0 Å². The predicted octanol–water partition coefficient (Wildman–Crippen LogP) is 2.50.